The summed E-state index contributed by atoms with van der Waals surface area (Å²) in [6.07, 6.45) is -0.322. The van der Waals surface area contributed by atoms with Crippen molar-refractivity contribution in [3.8, 4) is 5.75 Å². The Morgan fingerprint density at radius 2 is 2.16 bits per heavy atom. The molecule has 1 aromatic carbocycles. The van der Waals surface area contributed by atoms with Crippen LogP contribution in [0.1, 0.15) is 17.9 Å². The lowest BCUT2D eigenvalue weighted by molar-refractivity contribution is 0.183. The maximum absolute atomic E-state index is 13.4. The highest BCUT2D eigenvalue weighted by Gasteiger charge is 2.20. The third-order valence-electron chi connectivity index (χ3n) is 2.50. The van der Waals surface area contributed by atoms with Crippen LogP contribution in [0.3, 0.4) is 0 Å². The van der Waals surface area contributed by atoms with Gasteiger partial charge in [0.2, 0.25) is 0 Å². The lowest BCUT2D eigenvalue weighted by Crippen LogP contribution is -2.28. The van der Waals surface area contributed by atoms with Crippen LogP contribution < -0.4 is 10.5 Å². The molecule has 0 saturated carbocycles. The molecule has 102 valence electrons. The van der Waals surface area contributed by atoms with Crippen molar-refractivity contribution in [3.63, 3.8) is 0 Å². The molecular formula is C13H12BrClFNOS. The van der Waals surface area contributed by atoms with Crippen LogP contribution in [-0.2, 0) is 0 Å². The lowest BCUT2D eigenvalue weighted by Gasteiger charge is -2.21. The summed E-state index contributed by atoms with van der Waals surface area (Å²) in [4.78, 5) is 0.984. The summed E-state index contributed by atoms with van der Waals surface area (Å²) in [6, 6.07) is 6.09. The molecule has 0 fully saturated rings. The molecule has 2 N–H and O–H groups in total. The van der Waals surface area contributed by atoms with Gasteiger partial charge in [-0.3, -0.25) is 0 Å². The number of ether oxygens (including phenoxy) is 1. The van der Waals surface area contributed by atoms with Crippen LogP contribution in [0.15, 0.2) is 34.1 Å². The fourth-order valence-electron chi connectivity index (χ4n) is 1.60. The second-order valence-corrected chi connectivity index (χ2v) is 6.41. The zero-order valence-corrected chi connectivity index (χ0v) is 13.2. The number of rotatable bonds is 4. The Morgan fingerprint density at radius 3 is 2.68 bits per heavy atom. The van der Waals surface area contributed by atoms with Gasteiger partial charge in [0.05, 0.1) is 5.02 Å². The van der Waals surface area contributed by atoms with E-state index >= 15 is 0 Å². The Bertz CT molecular complexity index is 576. The summed E-state index contributed by atoms with van der Waals surface area (Å²) >= 11 is 10.6. The van der Waals surface area contributed by atoms with E-state index in [9.17, 15) is 4.39 Å². The van der Waals surface area contributed by atoms with E-state index in [0.717, 1.165) is 9.35 Å². The molecule has 0 bridgehead atoms. The van der Waals surface area contributed by atoms with Crippen molar-refractivity contribution in [1.29, 1.82) is 0 Å². The van der Waals surface area contributed by atoms with Gasteiger partial charge in [-0.05, 0) is 41.1 Å². The first-order valence-corrected chi connectivity index (χ1v) is 7.63. The molecule has 2 rings (SSSR count). The van der Waals surface area contributed by atoms with Gasteiger partial charge >= 0.3 is 0 Å². The zero-order chi connectivity index (χ0) is 14.0. The molecule has 0 amide bonds. The highest BCUT2D eigenvalue weighted by Crippen LogP contribution is 2.32. The van der Waals surface area contributed by atoms with Gasteiger partial charge in [-0.2, -0.15) is 0 Å². The molecule has 0 saturated heterocycles. The third kappa shape index (κ3) is 3.69. The maximum atomic E-state index is 13.4. The molecule has 0 spiro atoms. The van der Waals surface area contributed by atoms with Crippen molar-refractivity contribution in [2.24, 2.45) is 5.73 Å². The molecule has 2 atom stereocenters. The van der Waals surface area contributed by atoms with Crippen LogP contribution in [-0.4, -0.2) is 6.04 Å². The van der Waals surface area contributed by atoms with Gasteiger partial charge in [-0.25, -0.2) is 4.39 Å². The van der Waals surface area contributed by atoms with Crippen molar-refractivity contribution in [2.45, 2.75) is 19.1 Å². The molecule has 0 aliphatic heterocycles. The van der Waals surface area contributed by atoms with Gasteiger partial charge in [-0.15, -0.1) is 11.3 Å². The van der Waals surface area contributed by atoms with E-state index in [1.807, 2.05) is 18.4 Å². The van der Waals surface area contributed by atoms with Gasteiger partial charge in [-0.1, -0.05) is 11.6 Å². The SMILES string of the molecule is CC(N)C(Oc1ccc(Cl)c(F)c1)c1cc(Br)cs1. The Kier molecular flexibility index (Phi) is 4.84. The number of halogens is 3. The highest BCUT2D eigenvalue weighted by atomic mass is 79.9. The van der Waals surface area contributed by atoms with Crippen molar-refractivity contribution < 1.29 is 9.13 Å². The topological polar surface area (TPSA) is 35.2 Å². The van der Waals surface area contributed by atoms with Gasteiger partial charge in [0.1, 0.15) is 17.7 Å². The molecule has 2 aromatic rings. The van der Waals surface area contributed by atoms with Crippen molar-refractivity contribution in [1.82, 2.24) is 0 Å². The van der Waals surface area contributed by atoms with Crippen molar-refractivity contribution in [3.05, 3.63) is 49.8 Å². The van der Waals surface area contributed by atoms with E-state index in [0.29, 0.717) is 5.75 Å². The molecule has 1 heterocycles. The summed E-state index contributed by atoms with van der Waals surface area (Å²) in [5.74, 6) is -0.0938. The monoisotopic (exact) mass is 363 g/mol. The molecular weight excluding hydrogens is 353 g/mol. The summed E-state index contributed by atoms with van der Waals surface area (Å²) in [5, 5.41) is 2.03. The second-order valence-electron chi connectivity index (χ2n) is 4.14. The van der Waals surface area contributed by atoms with E-state index in [4.69, 9.17) is 22.1 Å². The van der Waals surface area contributed by atoms with Gasteiger partial charge in [0.25, 0.3) is 0 Å². The van der Waals surface area contributed by atoms with Crippen molar-refractivity contribution >= 4 is 38.9 Å². The number of hydrogen-bond donors (Lipinski definition) is 1. The van der Waals surface area contributed by atoms with Crippen molar-refractivity contribution in [2.75, 3.05) is 0 Å². The van der Waals surface area contributed by atoms with E-state index in [2.05, 4.69) is 15.9 Å². The fraction of sp³-hybridized carbons (Fsp3) is 0.231. The molecule has 0 radical (unpaired) electrons. The third-order valence-corrected chi connectivity index (χ3v) is 4.56. The highest BCUT2D eigenvalue weighted by molar-refractivity contribution is 9.10. The number of benzene rings is 1. The van der Waals surface area contributed by atoms with Crippen LogP contribution in [0, 0.1) is 5.82 Å². The van der Waals surface area contributed by atoms with Crippen LogP contribution in [0.25, 0.3) is 0 Å². The van der Waals surface area contributed by atoms with Crippen LogP contribution in [0.4, 0.5) is 4.39 Å². The molecule has 0 aliphatic rings. The summed E-state index contributed by atoms with van der Waals surface area (Å²) in [6.45, 7) is 1.85. The van der Waals surface area contributed by atoms with Crippen LogP contribution in [0.5, 0.6) is 5.75 Å². The lowest BCUT2D eigenvalue weighted by atomic mass is 10.1. The normalized spacial score (nSPS) is 14.2. The minimum absolute atomic E-state index is 0.0727. The second kappa shape index (κ2) is 6.22. The average Bonchev–Trinajstić information content (AvgIpc) is 2.76. The van der Waals surface area contributed by atoms with E-state index < -0.39 is 5.82 Å². The Hall–Kier alpha value is -0.620. The number of thiophene rings is 1. The van der Waals surface area contributed by atoms with E-state index in [-0.39, 0.29) is 17.2 Å². The minimum atomic E-state index is -0.505. The summed E-state index contributed by atoms with van der Waals surface area (Å²) < 4.78 is 20.1. The van der Waals surface area contributed by atoms with E-state index in [1.54, 1.807) is 17.4 Å². The standard InChI is InChI=1S/C13H12BrClFNOS/c1-7(17)13(12-4-8(14)6-19-12)18-9-2-3-10(15)11(16)5-9/h2-7,13H,17H2,1H3. The molecule has 2 unspecified atom stereocenters. The first-order chi connectivity index (χ1) is 8.97. The molecule has 1 aromatic heterocycles. The minimum Gasteiger partial charge on any atom is -0.483 e. The first kappa shape index (κ1) is 14.8. The summed E-state index contributed by atoms with van der Waals surface area (Å²) in [5.41, 5.74) is 5.94. The molecule has 2 nitrogen and oxygen atoms in total. The van der Waals surface area contributed by atoms with Crippen LogP contribution in [0.2, 0.25) is 5.02 Å². The molecule has 0 aliphatic carbocycles. The Labute approximate surface area is 128 Å². The number of hydrogen-bond acceptors (Lipinski definition) is 3. The van der Waals surface area contributed by atoms with E-state index in [1.165, 1.54) is 12.1 Å². The quantitative estimate of drug-likeness (QED) is 0.848. The number of nitrogens with two attached hydrogens (primary N) is 1. The molecule has 19 heavy (non-hydrogen) atoms. The predicted molar refractivity (Wildman–Crippen MR) is 80.4 cm³/mol. The predicted octanol–water partition coefficient (Wildman–Crippen LogP) is 4.77. The maximum Gasteiger partial charge on any atom is 0.148 e. The Balaban J connectivity index is 2.23. The smallest absolute Gasteiger partial charge is 0.148 e. The zero-order valence-electron chi connectivity index (χ0n) is 10.1. The summed E-state index contributed by atoms with van der Waals surface area (Å²) in [7, 11) is 0. The molecule has 6 heteroatoms. The van der Waals surface area contributed by atoms with Crippen LogP contribution >= 0.6 is 38.9 Å². The van der Waals surface area contributed by atoms with Gasteiger partial charge in [0, 0.05) is 26.8 Å². The fourth-order valence-corrected chi connectivity index (χ4v) is 3.30. The largest absolute Gasteiger partial charge is 0.483 e. The van der Waals surface area contributed by atoms with Gasteiger partial charge in [0.15, 0.2) is 0 Å². The van der Waals surface area contributed by atoms with Gasteiger partial charge < -0.3 is 10.5 Å². The average molecular weight is 365 g/mol. The first-order valence-electron chi connectivity index (χ1n) is 5.58. The Morgan fingerprint density at radius 1 is 1.42 bits per heavy atom.